The summed E-state index contributed by atoms with van der Waals surface area (Å²) in [6.45, 7) is 8.42. The first kappa shape index (κ1) is 26.3. The van der Waals surface area contributed by atoms with E-state index in [0.29, 0.717) is 41.4 Å². The minimum atomic E-state index is -4.43. The number of ether oxygens (including phenoxy) is 1. The minimum absolute atomic E-state index is 0.147. The van der Waals surface area contributed by atoms with Gasteiger partial charge in [0.05, 0.1) is 11.5 Å². The summed E-state index contributed by atoms with van der Waals surface area (Å²) in [5.41, 5.74) is 3.16. The van der Waals surface area contributed by atoms with Crippen molar-refractivity contribution in [2.45, 2.75) is 58.7 Å². The Morgan fingerprint density at radius 3 is 2.14 bits per heavy atom. The molecular formula is C29H31F3O3. The highest BCUT2D eigenvalue weighted by Gasteiger charge is 2.30. The van der Waals surface area contributed by atoms with E-state index >= 15 is 0 Å². The van der Waals surface area contributed by atoms with Crippen LogP contribution in [-0.2, 0) is 17.6 Å². The number of carboxylic acid groups (broad SMARTS) is 1. The summed E-state index contributed by atoms with van der Waals surface area (Å²) in [6, 6.07) is 18.1. The van der Waals surface area contributed by atoms with Crippen molar-refractivity contribution in [2.24, 2.45) is 5.92 Å². The van der Waals surface area contributed by atoms with Crippen molar-refractivity contribution in [3.05, 3.63) is 89.0 Å². The second-order valence-electron chi connectivity index (χ2n) is 9.57. The van der Waals surface area contributed by atoms with Crippen LogP contribution < -0.4 is 4.74 Å². The molecule has 1 N–H and O–H groups in total. The maximum Gasteiger partial charge on any atom is 0.416 e. The first-order valence-corrected chi connectivity index (χ1v) is 11.7. The third kappa shape index (κ3) is 7.10. The zero-order valence-electron chi connectivity index (χ0n) is 20.4. The van der Waals surface area contributed by atoms with Gasteiger partial charge in [0.2, 0.25) is 0 Å². The van der Waals surface area contributed by atoms with Crippen LogP contribution in [0.15, 0.2) is 66.7 Å². The van der Waals surface area contributed by atoms with Crippen molar-refractivity contribution in [1.82, 2.24) is 0 Å². The lowest BCUT2D eigenvalue weighted by Gasteiger charge is -2.18. The number of benzene rings is 3. The van der Waals surface area contributed by atoms with Gasteiger partial charge in [-0.2, -0.15) is 13.2 Å². The van der Waals surface area contributed by atoms with Crippen molar-refractivity contribution in [2.75, 3.05) is 0 Å². The fourth-order valence-corrected chi connectivity index (χ4v) is 3.98. The molecule has 1 atom stereocenters. The molecule has 3 aromatic carbocycles. The highest BCUT2D eigenvalue weighted by atomic mass is 19.4. The zero-order chi connectivity index (χ0) is 25.8. The molecule has 186 valence electrons. The van der Waals surface area contributed by atoms with Gasteiger partial charge in [0.25, 0.3) is 0 Å². The van der Waals surface area contributed by atoms with Gasteiger partial charge in [0.1, 0.15) is 12.4 Å². The molecule has 3 aromatic rings. The summed E-state index contributed by atoms with van der Waals surface area (Å²) in [5.74, 6) is -0.705. The van der Waals surface area contributed by atoms with Crippen molar-refractivity contribution in [3.63, 3.8) is 0 Å². The van der Waals surface area contributed by atoms with Crippen LogP contribution in [0.25, 0.3) is 11.1 Å². The first-order chi connectivity index (χ1) is 16.4. The third-order valence-corrected chi connectivity index (χ3v) is 5.91. The van der Waals surface area contributed by atoms with E-state index in [4.69, 9.17) is 4.74 Å². The molecule has 0 fully saturated rings. The van der Waals surface area contributed by atoms with E-state index in [9.17, 15) is 23.1 Å². The van der Waals surface area contributed by atoms with E-state index in [1.807, 2.05) is 26.0 Å². The Morgan fingerprint density at radius 2 is 1.57 bits per heavy atom. The Balaban J connectivity index is 1.99. The molecule has 0 radical (unpaired) electrons. The highest BCUT2D eigenvalue weighted by Crippen LogP contribution is 2.35. The third-order valence-electron chi connectivity index (χ3n) is 5.91. The standard InChI is InChI=1S/C29H31F3O3/c1-18(2)12-27(28(33)34)24-14-23(21-8-10-25(11-9-21)29(30,31)32)15-26(16-24)35-17-20-6-5-7-22(13-20)19(3)4/h5-11,13-16,18-19,27H,12,17H2,1-4H3,(H,33,34). The largest absolute Gasteiger partial charge is 0.489 e. The van der Waals surface area contributed by atoms with Gasteiger partial charge in [0, 0.05) is 0 Å². The van der Waals surface area contributed by atoms with Gasteiger partial charge in [-0.05, 0) is 70.3 Å². The van der Waals surface area contributed by atoms with Gasteiger partial charge in [0.15, 0.2) is 0 Å². The van der Waals surface area contributed by atoms with Gasteiger partial charge in [-0.1, -0.05) is 70.2 Å². The molecular weight excluding hydrogens is 453 g/mol. The van der Waals surface area contributed by atoms with E-state index in [-0.39, 0.29) is 5.92 Å². The minimum Gasteiger partial charge on any atom is -0.489 e. The lowest BCUT2D eigenvalue weighted by atomic mass is 9.88. The highest BCUT2D eigenvalue weighted by molar-refractivity contribution is 5.78. The van der Waals surface area contributed by atoms with Gasteiger partial charge >= 0.3 is 12.1 Å². The number of hydrogen-bond donors (Lipinski definition) is 1. The Bertz CT molecular complexity index is 1150. The van der Waals surface area contributed by atoms with Gasteiger partial charge in [-0.15, -0.1) is 0 Å². The van der Waals surface area contributed by atoms with Crippen LogP contribution in [-0.4, -0.2) is 11.1 Å². The zero-order valence-corrected chi connectivity index (χ0v) is 20.4. The lowest BCUT2D eigenvalue weighted by Crippen LogP contribution is -2.14. The number of carbonyl (C=O) groups is 1. The maximum absolute atomic E-state index is 13.0. The molecule has 0 amide bonds. The average molecular weight is 485 g/mol. The number of alkyl halides is 3. The summed E-state index contributed by atoms with van der Waals surface area (Å²) in [6.07, 6.45) is -3.99. The maximum atomic E-state index is 13.0. The molecule has 0 saturated carbocycles. The Labute approximate surface area is 204 Å². The first-order valence-electron chi connectivity index (χ1n) is 11.7. The number of hydrogen-bond acceptors (Lipinski definition) is 2. The van der Waals surface area contributed by atoms with Crippen molar-refractivity contribution >= 4 is 5.97 Å². The van der Waals surface area contributed by atoms with Crippen molar-refractivity contribution in [3.8, 4) is 16.9 Å². The van der Waals surface area contributed by atoms with Gasteiger partial charge in [-0.25, -0.2) is 0 Å². The Hall–Kier alpha value is -3.28. The number of aliphatic carboxylic acids is 1. The molecule has 0 aromatic heterocycles. The summed E-state index contributed by atoms with van der Waals surface area (Å²) >= 11 is 0. The fourth-order valence-electron chi connectivity index (χ4n) is 3.98. The summed E-state index contributed by atoms with van der Waals surface area (Å²) in [7, 11) is 0. The molecule has 0 aliphatic carbocycles. The van der Waals surface area contributed by atoms with Crippen molar-refractivity contribution < 1.29 is 27.8 Å². The molecule has 35 heavy (non-hydrogen) atoms. The lowest BCUT2D eigenvalue weighted by molar-refractivity contribution is -0.139. The predicted molar refractivity (Wildman–Crippen MR) is 132 cm³/mol. The van der Waals surface area contributed by atoms with E-state index in [1.165, 1.54) is 17.7 Å². The van der Waals surface area contributed by atoms with Crippen LogP contribution >= 0.6 is 0 Å². The summed E-state index contributed by atoms with van der Waals surface area (Å²) in [4.78, 5) is 12.1. The van der Waals surface area contributed by atoms with E-state index in [0.717, 1.165) is 17.7 Å². The van der Waals surface area contributed by atoms with Crippen LogP contribution in [0.1, 0.15) is 68.2 Å². The molecule has 0 saturated heterocycles. The summed E-state index contributed by atoms with van der Waals surface area (Å²) < 4.78 is 45.1. The van der Waals surface area contributed by atoms with Crippen molar-refractivity contribution in [1.29, 1.82) is 0 Å². The van der Waals surface area contributed by atoms with Crippen LogP contribution in [0.4, 0.5) is 13.2 Å². The van der Waals surface area contributed by atoms with E-state index < -0.39 is 23.6 Å². The molecule has 3 rings (SSSR count). The van der Waals surface area contributed by atoms with Gasteiger partial charge in [-0.3, -0.25) is 4.79 Å². The molecule has 6 heteroatoms. The van der Waals surface area contributed by atoms with Gasteiger partial charge < -0.3 is 9.84 Å². The SMILES string of the molecule is CC(C)CC(C(=O)O)c1cc(OCc2cccc(C(C)C)c2)cc(-c2ccc(C(F)(F)F)cc2)c1. The molecule has 0 aliphatic heterocycles. The fraction of sp³-hybridized carbons (Fsp3) is 0.345. The number of rotatable bonds is 9. The quantitative estimate of drug-likeness (QED) is 0.332. The smallest absolute Gasteiger partial charge is 0.416 e. The number of halogens is 3. The van der Waals surface area contributed by atoms with E-state index in [2.05, 4.69) is 26.0 Å². The number of carboxylic acids is 1. The Kier molecular flexibility index (Phi) is 8.26. The molecule has 0 bridgehead atoms. The van der Waals surface area contributed by atoms with E-state index in [1.54, 1.807) is 18.2 Å². The molecule has 3 nitrogen and oxygen atoms in total. The van der Waals surface area contributed by atoms with Crippen LogP contribution in [0.5, 0.6) is 5.75 Å². The topological polar surface area (TPSA) is 46.5 Å². The average Bonchev–Trinajstić information content (AvgIpc) is 2.80. The van der Waals surface area contributed by atoms with Crippen LogP contribution in [0, 0.1) is 5.92 Å². The normalized spacial score (nSPS) is 12.7. The van der Waals surface area contributed by atoms with Crippen LogP contribution in [0.3, 0.4) is 0 Å². The second kappa shape index (κ2) is 11.0. The molecule has 0 heterocycles. The predicted octanol–water partition coefficient (Wildman–Crippen LogP) is 8.29. The molecule has 0 aliphatic rings. The Morgan fingerprint density at radius 1 is 0.886 bits per heavy atom. The monoisotopic (exact) mass is 484 g/mol. The molecule has 1 unspecified atom stereocenters. The molecule has 0 spiro atoms. The summed E-state index contributed by atoms with van der Waals surface area (Å²) in [5, 5.41) is 9.88. The van der Waals surface area contributed by atoms with Crippen LogP contribution in [0.2, 0.25) is 0 Å². The second-order valence-corrected chi connectivity index (χ2v) is 9.57.